The number of benzene rings is 2. The lowest BCUT2D eigenvalue weighted by Gasteiger charge is -2.18. The molecule has 2 N–H and O–H groups in total. The van der Waals surface area contributed by atoms with Gasteiger partial charge in [0.1, 0.15) is 17.6 Å². The van der Waals surface area contributed by atoms with Gasteiger partial charge in [-0.05, 0) is 52.7 Å². The number of ether oxygens (including phenoxy) is 1. The van der Waals surface area contributed by atoms with Crippen LogP contribution in [0.3, 0.4) is 0 Å². The molecule has 3 rings (SSSR count). The van der Waals surface area contributed by atoms with Gasteiger partial charge in [0.2, 0.25) is 5.91 Å². The van der Waals surface area contributed by atoms with E-state index in [1.807, 2.05) is 24.3 Å². The fourth-order valence-corrected chi connectivity index (χ4v) is 2.91. The van der Waals surface area contributed by atoms with Crippen molar-refractivity contribution in [2.24, 2.45) is 0 Å². The molecular formula is C20H21N5O4. The quantitative estimate of drug-likeness (QED) is 0.597. The van der Waals surface area contributed by atoms with Gasteiger partial charge < -0.3 is 15.2 Å². The SMILES string of the molecule is COc1cccc(CC(C(=O)NCc2ccc(C(=O)O)cc2)n2nnnc2C)c1. The van der Waals surface area contributed by atoms with Gasteiger partial charge in [-0.3, -0.25) is 4.79 Å². The highest BCUT2D eigenvalue weighted by Crippen LogP contribution is 2.19. The van der Waals surface area contributed by atoms with Crippen LogP contribution in [0, 0.1) is 6.92 Å². The molecule has 3 aromatic rings. The first-order chi connectivity index (χ1) is 14.0. The number of carboxylic acid groups (broad SMARTS) is 1. The van der Waals surface area contributed by atoms with Gasteiger partial charge in [-0.25, -0.2) is 9.48 Å². The summed E-state index contributed by atoms with van der Waals surface area (Å²) >= 11 is 0. The van der Waals surface area contributed by atoms with Crippen molar-refractivity contribution < 1.29 is 19.4 Å². The molecule has 1 unspecified atom stereocenters. The molecule has 1 atom stereocenters. The predicted molar refractivity (Wildman–Crippen MR) is 104 cm³/mol. The third-order valence-electron chi connectivity index (χ3n) is 4.49. The van der Waals surface area contributed by atoms with Gasteiger partial charge in [0, 0.05) is 13.0 Å². The van der Waals surface area contributed by atoms with Gasteiger partial charge in [-0.1, -0.05) is 24.3 Å². The van der Waals surface area contributed by atoms with Gasteiger partial charge >= 0.3 is 5.97 Å². The number of carboxylic acids is 1. The van der Waals surface area contributed by atoms with Crippen LogP contribution in [-0.4, -0.2) is 44.3 Å². The second-order valence-corrected chi connectivity index (χ2v) is 6.46. The summed E-state index contributed by atoms with van der Waals surface area (Å²) in [6.45, 7) is 1.99. The third-order valence-corrected chi connectivity index (χ3v) is 4.49. The monoisotopic (exact) mass is 395 g/mol. The smallest absolute Gasteiger partial charge is 0.335 e. The summed E-state index contributed by atoms with van der Waals surface area (Å²) in [7, 11) is 1.59. The van der Waals surface area contributed by atoms with Crippen LogP contribution < -0.4 is 10.1 Å². The molecule has 1 aromatic heterocycles. The number of aromatic nitrogens is 4. The zero-order valence-corrected chi connectivity index (χ0v) is 16.1. The van der Waals surface area contributed by atoms with E-state index in [0.29, 0.717) is 18.0 Å². The highest BCUT2D eigenvalue weighted by Gasteiger charge is 2.24. The van der Waals surface area contributed by atoms with Crippen molar-refractivity contribution in [2.45, 2.75) is 25.9 Å². The maximum atomic E-state index is 12.9. The Labute approximate surface area is 167 Å². The molecule has 0 radical (unpaired) electrons. The summed E-state index contributed by atoms with van der Waals surface area (Å²) in [5, 5.41) is 23.3. The average molecular weight is 395 g/mol. The number of amides is 1. The average Bonchev–Trinajstić information content (AvgIpc) is 3.16. The minimum Gasteiger partial charge on any atom is -0.497 e. The highest BCUT2D eigenvalue weighted by atomic mass is 16.5. The van der Waals surface area contributed by atoms with Crippen LogP contribution in [-0.2, 0) is 17.8 Å². The summed E-state index contributed by atoms with van der Waals surface area (Å²) in [6, 6.07) is 13.2. The molecule has 2 aromatic carbocycles. The van der Waals surface area contributed by atoms with Gasteiger partial charge in [0.15, 0.2) is 0 Å². The van der Waals surface area contributed by atoms with Crippen LogP contribution in [0.1, 0.15) is 33.4 Å². The van der Waals surface area contributed by atoms with E-state index in [0.717, 1.165) is 11.1 Å². The second-order valence-electron chi connectivity index (χ2n) is 6.46. The fraction of sp³-hybridized carbons (Fsp3) is 0.250. The lowest BCUT2D eigenvalue weighted by atomic mass is 10.0. The number of carbonyl (C=O) groups is 2. The van der Waals surface area contributed by atoms with E-state index in [-0.39, 0.29) is 18.0 Å². The number of rotatable bonds is 8. The van der Waals surface area contributed by atoms with Gasteiger partial charge in [0.05, 0.1) is 12.7 Å². The van der Waals surface area contributed by atoms with Crippen molar-refractivity contribution in [1.29, 1.82) is 0 Å². The predicted octanol–water partition coefficient (Wildman–Crippen LogP) is 1.79. The molecule has 0 aliphatic carbocycles. The first kappa shape index (κ1) is 20.0. The minimum atomic E-state index is -0.993. The third kappa shape index (κ3) is 4.95. The van der Waals surface area contributed by atoms with Crippen LogP contribution in [0.25, 0.3) is 0 Å². The second kappa shape index (κ2) is 8.96. The van der Waals surface area contributed by atoms with Crippen molar-refractivity contribution in [2.75, 3.05) is 7.11 Å². The molecule has 1 amide bonds. The molecule has 150 valence electrons. The largest absolute Gasteiger partial charge is 0.497 e. The molecule has 0 saturated heterocycles. The van der Waals surface area contributed by atoms with Crippen LogP contribution >= 0.6 is 0 Å². The van der Waals surface area contributed by atoms with E-state index in [9.17, 15) is 9.59 Å². The van der Waals surface area contributed by atoms with Gasteiger partial charge in [-0.15, -0.1) is 5.10 Å². The van der Waals surface area contributed by atoms with Crippen LogP contribution in [0.5, 0.6) is 5.75 Å². The zero-order chi connectivity index (χ0) is 20.8. The molecular weight excluding hydrogens is 374 g/mol. The van der Waals surface area contributed by atoms with E-state index in [4.69, 9.17) is 9.84 Å². The van der Waals surface area contributed by atoms with Crippen molar-refractivity contribution in [3.8, 4) is 5.75 Å². The fourth-order valence-electron chi connectivity index (χ4n) is 2.91. The van der Waals surface area contributed by atoms with Crippen LogP contribution in [0.4, 0.5) is 0 Å². The van der Waals surface area contributed by atoms with Crippen LogP contribution in [0.2, 0.25) is 0 Å². The standard InChI is InChI=1S/C20H21N5O4/c1-13-22-23-24-25(13)18(11-15-4-3-5-17(10-15)29-2)19(26)21-12-14-6-8-16(9-7-14)20(27)28/h3-10,18H,11-12H2,1-2H3,(H,21,26)(H,27,28). The molecule has 9 nitrogen and oxygen atoms in total. The first-order valence-corrected chi connectivity index (χ1v) is 8.95. The van der Waals surface area contributed by atoms with Crippen molar-refractivity contribution in [1.82, 2.24) is 25.5 Å². The lowest BCUT2D eigenvalue weighted by Crippen LogP contribution is -2.34. The number of nitrogens with one attached hydrogen (secondary N) is 1. The maximum Gasteiger partial charge on any atom is 0.335 e. The molecule has 0 spiro atoms. The Kier molecular flexibility index (Phi) is 6.18. The number of aryl methyl sites for hydroxylation is 1. The number of methoxy groups -OCH3 is 1. The summed E-state index contributed by atoms with van der Waals surface area (Å²) in [6.07, 6.45) is 0.382. The molecule has 0 aliphatic rings. The Balaban J connectivity index is 1.75. The number of nitrogens with zero attached hydrogens (tertiary/aromatic N) is 4. The maximum absolute atomic E-state index is 12.9. The molecule has 1 heterocycles. The first-order valence-electron chi connectivity index (χ1n) is 8.95. The molecule has 0 saturated carbocycles. The van der Waals surface area contributed by atoms with Crippen molar-refractivity contribution in [3.05, 3.63) is 71.0 Å². The highest BCUT2D eigenvalue weighted by molar-refractivity contribution is 5.87. The number of tetrazole rings is 1. The van der Waals surface area contributed by atoms with E-state index >= 15 is 0 Å². The van der Waals surface area contributed by atoms with Gasteiger partial charge in [0.25, 0.3) is 0 Å². The topological polar surface area (TPSA) is 119 Å². The Hall–Kier alpha value is -3.75. The van der Waals surface area contributed by atoms with E-state index in [2.05, 4.69) is 20.8 Å². The molecule has 0 fully saturated rings. The lowest BCUT2D eigenvalue weighted by molar-refractivity contribution is -0.124. The molecule has 0 bridgehead atoms. The Morgan fingerprint density at radius 3 is 2.55 bits per heavy atom. The minimum absolute atomic E-state index is 0.195. The van der Waals surface area contributed by atoms with E-state index in [1.54, 1.807) is 26.2 Å². The number of hydrogen-bond acceptors (Lipinski definition) is 6. The summed E-state index contributed by atoms with van der Waals surface area (Å²) in [5.74, 6) is -0.00824. The number of hydrogen-bond donors (Lipinski definition) is 2. The Bertz CT molecular complexity index is 1000. The Morgan fingerprint density at radius 1 is 1.17 bits per heavy atom. The number of carbonyl (C=O) groups excluding carboxylic acids is 1. The molecule has 9 heteroatoms. The van der Waals surface area contributed by atoms with Crippen molar-refractivity contribution in [3.63, 3.8) is 0 Å². The van der Waals surface area contributed by atoms with E-state index < -0.39 is 12.0 Å². The normalized spacial score (nSPS) is 11.7. The summed E-state index contributed by atoms with van der Waals surface area (Å²) in [4.78, 5) is 23.9. The van der Waals surface area contributed by atoms with Crippen LogP contribution in [0.15, 0.2) is 48.5 Å². The Morgan fingerprint density at radius 2 is 1.93 bits per heavy atom. The van der Waals surface area contributed by atoms with Crippen molar-refractivity contribution >= 4 is 11.9 Å². The van der Waals surface area contributed by atoms with Gasteiger partial charge in [-0.2, -0.15) is 0 Å². The molecule has 29 heavy (non-hydrogen) atoms. The summed E-state index contributed by atoms with van der Waals surface area (Å²) < 4.78 is 6.74. The number of aromatic carboxylic acids is 1. The van der Waals surface area contributed by atoms with E-state index in [1.165, 1.54) is 16.8 Å². The molecule has 0 aliphatic heterocycles. The summed E-state index contributed by atoms with van der Waals surface area (Å²) in [5.41, 5.74) is 1.89. The zero-order valence-electron chi connectivity index (χ0n) is 16.1.